The number of sulfonamides is 1. The van der Waals surface area contributed by atoms with Gasteiger partial charge in [0.25, 0.3) is 0 Å². The molecule has 0 saturated carbocycles. The Balaban J connectivity index is 1.41. The van der Waals surface area contributed by atoms with Crippen LogP contribution in [0, 0.1) is 13.8 Å². The lowest BCUT2D eigenvalue weighted by Gasteiger charge is -2.32. The first-order valence-electron chi connectivity index (χ1n) is 9.77. The van der Waals surface area contributed by atoms with Crippen molar-refractivity contribution in [2.75, 3.05) is 19.7 Å². The predicted molar refractivity (Wildman–Crippen MR) is 107 cm³/mol. The second kappa shape index (κ2) is 9.41. The smallest absolute Gasteiger partial charge is 0.246 e. The van der Waals surface area contributed by atoms with E-state index in [4.69, 9.17) is 9.26 Å². The normalized spacial score (nSPS) is 15.4. The number of ether oxygens (including phenoxy) is 1. The van der Waals surface area contributed by atoms with E-state index in [9.17, 15) is 13.2 Å². The van der Waals surface area contributed by atoms with Crippen LogP contribution in [-0.2, 0) is 14.8 Å². The van der Waals surface area contributed by atoms with Gasteiger partial charge in [-0.15, -0.1) is 0 Å². The molecule has 1 aromatic heterocycles. The van der Waals surface area contributed by atoms with Gasteiger partial charge in [0.1, 0.15) is 16.3 Å². The molecule has 9 heteroatoms. The second-order valence-electron chi connectivity index (χ2n) is 7.19. The topological polar surface area (TPSA) is 102 Å². The van der Waals surface area contributed by atoms with E-state index < -0.39 is 10.0 Å². The number of benzene rings is 1. The van der Waals surface area contributed by atoms with Gasteiger partial charge in [-0.1, -0.05) is 23.4 Å². The highest BCUT2D eigenvalue weighted by Crippen LogP contribution is 2.21. The maximum absolute atomic E-state index is 12.6. The molecule has 8 nitrogen and oxygen atoms in total. The van der Waals surface area contributed by atoms with Crippen LogP contribution in [0.3, 0.4) is 0 Å². The van der Waals surface area contributed by atoms with Crippen molar-refractivity contribution in [3.63, 3.8) is 0 Å². The number of nitrogens with one attached hydrogen (secondary N) is 1. The minimum Gasteiger partial charge on any atom is -0.494 e. The van der Waals surface area contributed by atoms with Crippen LogP contribution >= 0.6 is 0 Å². The molecule has 1 N–H and O–H groups in total. The second-order valence-corrected chi connectivity index (χ2v) is 8.85. The predicted octanol–water partition coefficient (Wildman–Crippen LogP) is 2.42. The van der Waals surface area contributed by atoms with Gasteiger partial charge in [-0.3, -0.25) is 4.79 Å². The number of amides is 1. The molecule has 2 aromatic rings. The highest BCUT2D eigenvalue weighted by Gasteiger charge is 2.30. The van der Waals surface area contributed by atoms with Crippen LogP contribution in [0.4, 0.5) is 0 Å². The number of nitrogens with zero attached hydrogens (tertiary/aromatic N) is 2. The number of carbonyl (C=O) groups is 1. The Hall–Kier alpha value is -2.39. The van der Waals surface area contributed by atoms with Crippen LogP contribution in [0.25, 0.3) is 0 Å². The van der Waals surface area contributed by atoms with E-state index in [1.165, 1.54) is 0 Å². The molecule has 1 aromatic carbocycles. The minimum atomic E-state index is -3.69. The lowest BCUT2D eigenvalue weighted by molar-refractivity contribution is -0.132. The molecule has 29 heavy (non-hydrogen) atoms. The van der Waals surface area contributed by atoms with E-state index in [1.54, 1.807) is 18.7 Å². The van der Waals surface area contributed by atoms with Crippen molar-refractivity contribution in [3.8, 4) is 5.75 Å². The summed E-state index contributed by atoms with van der Waals surface area (Å²) in [5.41, 5.74) is 0.348. The van der Waals surface area contributed by atoms with E-state index in [2.05, 4.69) is 9.88 Å². The summed E-state index contributed by atoms with van der Waals surface area (Å²) < 4.78 is 38.5. The third-order valence-corrected chi connectivity index (χ3v) is 6.72. The third-order valence-electron chi connectivity index (χ3n) is 4.95. The average molecular weight is 422 g/mol. The van der Waals surface area contributed by atoms with Crippen molar-refractivity contribution in [3.05, 3.63) is 41.8 Å². The Labute approximate surface area is 171 Å². The largest absolute Gasteiger partial charge is 0.494 e. The van der Waals surface area contributed by atoms with Crippen molar-refractivity contribution in [1.29, 1.82) is 0 Å². The highest BCUT2D eigenvalue weighted by molar-refractivity contribution is 7.89. The Morgan fingerprint density at radius 2 is 1.93 bits per heavy atom. The summed E-state index contributed by atoms with van der Waals surface area (Å²) in [7, 11) is -3.69. The highest BCUT2D eigenvalue weighted by atomic mass is 32.2. The molecule has 0 unspecified atom stereocenters. The first kappa shape index (κ1) is 21.3. The van der Waals surface area contributed by atoms with E-state index in [0.717, 1.165) is 5.75 Å². The SMILES string of the molecule is Cc1noc(C)c1S(=O)(=O)NC1CCN(C(=O)CCCOc2ccccc2)CC1. The van der Waals surface area contributed by atoms with Crippen molar-refractivity contribution >= 4 is 15.9 Å². The maximum Gasteiger partial charge on any atom is 0.246 e. The molecule has 1 amide bonds. The zero-order valence-corrected chi connectivity index (χ0v) is 17.6. The molecule has 0 bridgehead atoms. The fraction of sp³-hybridized carbons (Fsp3) is 0.500. The molecule has 0 spiro atoms. The van der Waals surface area contributed by atoms with Gasteiger partial charge in [-0.25, -0.2) is 13.1 Å². The fourth-order valence-corrected chi connectivity index (χ4v) is 5.11. The first-order chi connectivity index (χ1) is 13.9. The van der Waals surface area contributed by atoms with E-state index in [1.807, 2.05) is 30.3 Å². The van der Waals surface area contributed by atoms with Gasteiger partial charge in [0.2, 0.25) is 15.9 Å². The number of likely N-dealkylation sites (tertiary alicyclic amines) is 1. The summed E-state index contributed by atoms with van der Waals surface area (Å²) >= 11 is 0. The molecule has 0 aliphatic carbocycles. The number of aryl methyl sites for hydroxylation is 2. The molecule has 0 radical (unpaired) electrons. The van der Waals surface area contributed by atoms with Gasteiger partial charge in [0, 0.05) is 25.6 Å². The third kappa shape index (κ3) is 5.57. The Morgan fingerprint density at radius 1 is 1.24 bits per heavy atom. The van der Waals surface area contributed by atoms with Crippen LogP contribution in [0.1, 0.15) is 37.1 Å². The van der Waals surface area contributed by atoms with Crippen molar-refractivity contribution < 1.29 is 22.5 Å². The van der Waals surface area contributed by atoms with Crippen LogP contribution in [-0.4, -0.2) is 50.1 Å². The monoisotopic (exact) mass is 421 g/mol. The number of carbonyl (C=O) groups excluding carboxylic acids is 1. The van der Waals surface area contributed by atoms with E-state index in [-0.39, 0.29) is 22.6 Å². The van der Waals surface area contributed by atoms with Crippen LogP contribution in [0.15, 0.2) is 39.8 Å². The van der Waals surface area contributed by atoms with Gasteiger partial charge in [-0.05, 0) is 45.2 Å². The summed E-state index contributed by atoms with van der Waals surface area (Å²) in [5, 5.41) is 3.71. The molecule has 0 atom stereocenters. The van der Waals surface area contributed by atoms with Crippen molar-refractivity contribution in [2.45, 2.75) is 50.5 Å². The Morgan fingerprint density at radius 3 is 2.55 bits per heavy atom. The lowest BCUT2D eigenvalue weighted by atomic mass is 10.1. The zero-order chi connectivity index (χ0) is 20.9. The van der Waals surface area contributed by atoms with Crippen LogP contribution in [0.2, 0.25) is 0 Å². The number of aromatic nitrogens is 1. The fourth-order valence-electron chi connectivity index (χ4n) is 3.47. The molecule has 158 valence electrons. The molecular formula is C20H27N3O5S. The summed E-state index contributed by atoms with van der Waals surface area (Å²) in [6.45, 7) is 4.75. The van der Waals surface area contributed by atoms with Crippen LogP contribution < -0.4 is 9.46 Å². The van der Waals surface area contributed by atoms with Gasteiger partial charge in [-0.2, -0.15) is 0 Å². The molecule has 1 aliphatic heterocycles. The molecule has 1 fully saturated rings. The number of rotatable bonds is 8. The number of para-hydroxylation sites is 1. The first-order valence-corrected chi connectivity index (χ1v) is 11.3. The van der Waals surface area contributed by atoms with Gasteiger partial charge < -0.3 is 14.2 Å². The maximum atomic E-state index is 12.6. The van der Waals surface area contributed by atoms with Crippen molar-refractivity contribution in [1.82, 2.24) is 14.8 Å². The molecule has 1 saturated heterocycles. The summed E-state index contributed by atoms with van der Waals surface area (Å²) in [5.74, 6) is 1.15. The standard InChI is InChI=1S/C20H27N3O5S/c1-15-20(16(2)28-21-15)29(25,26)22-17-10-12-23(13-11-17)19(24)9-6-14-27-18-7-4-3-5-8-18/h3-5,7-8,17,22H,6,9-14H2,1-2H3. The Bertz CT molecular complexity index is 899. The number of piperidine rings is 1. The molecule has 1 aliphatic rings. The Kier molecular flexibility index (Phi) is 6.92. The quantitative estimate of drug-likeness (QED) is 0.657. The lowest BCUT2D eigenvalue weighted by Crippen LogP contribution is -2.46. The van der Waals surface area contributed by atoms with Crippen molar-refractivity contribution in [2.24, 2.45) is 0 Å². The van der Waals surface area contributed by atoms with Gasteiger partial charge in [0.05, 0.1) is 6.61 Å². The molecule has 2 heterocycles. The number of hydrogen-bond donors (Lipinski definition) is 1. The minimum absolute atomic E-state index is 0.0775. The number of hydrogen-bond acceptors (Lipinski definition) is 6. The summed E-state index contributed by atoms with van der Waals surface area (Å²) in [6.07, 6.45) is 2.22. The zero-order valence-electron chi connectivity index (χ0n) is 16.8. The van der Waals surface area contributed by atoms with Gasteiger partial charge >= 0.3 is 0 Å². The summed E-state index contributed by atoms with van der Waals surface area (Å²) in [4.78, 5) is 14.3. The molecule has 3 rings (SSSR count). The molecular weight excluding hydrogens is 394 g/mol. The van der Waals surface area contributed by atoms with E-state index in [0.29, 0.717) is 51.1 Å². The van der Waals surface area contributed by atoms with Crippen LogP contribution in [0.5, 0.6) is 5.75 Å². The average Bonchev–Trinajstić information content (AvgIpc) is 3.05. The van der Waals surface area contributed by atoms with Gasteiger partial charge in [0.15, 0.2) is 5.76 Å². The summed E-state index contributed by atoms with van der Waals surface area (Å²) in [6, 6.07) is 9.30. The van der Waals surface area contributed by atoms with E-state index >= 15 is 0 Å².